The van der Waals surface area contributed by atoms with Crippen molar-refractivity contribution in [2.24, 2.45) is 5.73 Å². The van der Waals surface area contributed by atoms with Crippen LogP contribution in [-0.4, -0.2) is 30.3 Å². The number of ketones is 2. The van der Waals surface area contributed by atoms with Gasteiger partial charge in [-0.1, -0.05) is 0 Å². The normalized spacial score (nSPS) is 19.4. The lowest BCUT2D eigenvalue weighted by molar-refractivity contribution is -0.112. The Kier molecular flexibility index (Phi) is 3.53. The van der Waals surface area contributed by atoms with Crippen molar-refractivity contribution in [2.75, 3.05) is 13.2 Å². The number of ether oxygens (including phenoxy) is 2. The van der Waals surface area contributed by atoms with Crippen molar-refractivity contribution in [3.63, 3.8) is 0 Å². The fourth-order valence-corrected chi connectivity index (χ4v) is 2.80. The second-order valence-corrected chi connectivity index (χ2v) is 6.17. The van der Waals surface area contributed by atoms with Crippen LogP contribution in [0.4, 0.5) is 0 Å². The van der Waals surface area contributed by atoms with Crippen LogP contribution in [0.1, 0.15) is 42.6 Å². The van der Waals surface area contributed by atoms with Gasteiger partial charge in [0.15, 0.2) is 0 Å². The Morgan fingerprint density at radius 3 is 2.73 bits per heavy atom. The predicted octanol–water partition coefficient (Wildman–Crippen LogP) is 2.09. The molecule has 0 fully saturated rings. The van der Waals surface area contributed by atoms with Gasteiger partial charge in [-0.2, -0.15) is 0 Å². The Labute approximate surface area is 129 Å². The third kappa shape index (κ3) is 2.41. The summed E-state index contributed by atoms with van der Waals surface area (Å²) in [6.45, 7) is 4.71. The summed E-state index contributed by atoms with van der Waals surface area (Å²) in [4.78, 5) is 24.6. The summed E-state index contributed by atoms with van der Waals surface area (Å²) in [7, 11) is 0. The SMILES string of the molecule is CC1(C)CCC2=C(O1)c1ccc(OCCN)cc1C(=O)C2=O. The lowest BCUT2D eigenvalue weighted by Gasteiger charge is -2.36. The van der Waals surface area contributed by atoms with Crippen molar-refractivity contribution in [3.8, 4) is 5.75 Å². The van der Waals surface area contributed by atoms with Crippen molar-refractivity contribution in [3.05, 3.63) is 34.9 Å². The number of benzene rings is 1. The van der Waals surface area contributed by atoms with Crippen LogP contribution in [0.15, 0.2) is 23.8 Å². The molecule has 3 rings (SSSR count). The number of allylic oxidation sites excluding steroid dienone is 1. The van der Waals surface area contributed by atoms with Gasteiger partial charge in [0.1, 0.15) is 23.7 Å². The van der Waals surface area contributed by atoms with E-state index in [0.717, 1.165) is 6.42 Å². The van der Waals surface area contributed by atoms with Crippen molar-refractivity contribution < 1.29 is 19.1 Å². The average molecular weight is 301 g/mol. The fraction of sp³-hybridized carbons (Fsp3) is 0.412. The Morgan fingerprint density at radius 1 is 1.23 bits per heavy atom. The Bertz CT molecular complexity index is 688. The van der Waals surface area contributed by atoms with Crippen molar-refractivity contribution in [1.29, 1.82) is 0 Å². The highest BCUT2D eigenvalue weighted by Crippen LogP contribution is 2.41. The van der Waals surface area contributed by atoms with Gasteiger partial charge in [-0.3, -0.25) is 9.59 Å². The molecule has 1 aromatic rings. The van der Waals surface area contributed by atoms with E-state index in [-0.39, 0.29) is 5.60 Å². The van der Waals surface area contributed by atoms with Gasteiger partial charge in [-0.25, -0.2) is 0 Å². The molecule has 1 heterocycles. The van der Waals surface area contributed by atoms with Gasteiger partial charge < -0.3 is 15.2 Å². The van der Waals surface area contributed by atoms with Gasteiger partial charge in [0, 0.05) is 23.2 Å². The standard InChI is InChI=1S/C17H19NO4/c1-17(2)6-5-12-14(19)15(20)13-9-10(21-8-7-18)3-4-11(13)16(12)22-17/h3-4,9H,5-8,18H2,1-2H3. The van der Waals surface area contributed by atoms with Crippen molar-refractivity contribution in [1.82, 2.24) is 0 Å². The second kappa shape index (κ2) is 5.25. The first-order chi connectivity index (χ1) is 10.4. The number of hydrogen-bond donors (Lipinski definition) is 1. The van der Waals surface area contributed by atoms with Crippen LogP contribution >= 0.6 is 0 Å². The maximum absolute atomic E-state index is 12.3. The molecule has 1 aliphatic carbocycles. The lowest BCUT2D eigenvalue weighted by atomic mass is 9.82. The molecule has 22 heavy (non-hydrogen) atoms. The van der Waals surface area contributed by atoms with E-state index in [1.54, 1.807) is 18.2 Å². The summed E-state index contributed by atoms with van der Waals surface area (Å²) >= 11 is 0. The van der Waals surface area contributed by atoms with Crippen molar-refractivity contribution >= 4 is 17.3 Å². The topological polar surface area (TPSA) is 78.6 Å². The van der Waals surface area contributed by atoms with E-state index in [1.165, 1.54) is 0 Å². The van der Waals surface area contributed by atoms with Gasteiger partial charge in [-0.15, -0.1) is 0 Å². The van der Waals surface area contributed by atoms with E-state index in [2.05, 4.69) is 0 Å². The molecule has 116 valence electrons. The summed E-state index contributed by atoms with van der Waals surface area (Å²) in [5, 5.41) is 0. The molecular formula is C17H19NO4. The van der Waals surface area contributed by atoms with Gasteiger partial charge >= 0.3 is 0 Å². The first kappa shape index (κ1) is 14.8. The quantitative estimate of drug-likeness (QED) is 0.865. The Morgan fingerprint density at radius 2 is 2.00 bits per heavy atom. The molecule has 0 spiro atoms. The monoisotopic (exact) mass is 301 g/mol. The zero-order valence-corrected chi connectivity index (χ0v) is 12.8. The largest absolute Gasteiger partial charge is 0.492 e. The van der Waals surface area contributed by atoms with E-state index in [9.17, 15) is 9.59 Å². The maximum Gasteiger partial charge on any atom is 0.234 e. The number of carbonyl (C=O) groups excluding carboxylic acids is 2. The summed E-state index contributed by atoms with van der Waals surface area (Å²) in [5.41, 5.74) is 6.58. The van der Waals surface area contributed by atoms with Crippen LogP contribution in [0.3, 0.4) is 0 Å². The zero-order valence-electron chi connectivity index (χ0n) is 12.8. The molecule has 2 N–H and O–H groups in total. The number of fused-ring (bicyclic) bond motifs is 2. The molecule has 1 aromatic carbocycles. The molecule has 0 saturated heterocycles. The number of Topliss-reactive ketones (excluding diaryl/α,β-unsaturated/α-hetero) is 2. The smallest absolute Gasteiger partial charge is 0.234 e. The molecule has 1 aliphatic heterocycles. The highest BCUT2D eigenvalue weighted by molar-refractivity contribution is 6.52. The molecule has 0 atom stereocenters. The highest BCUT2D eigenvalue weighted by atomic mass is 16.5. The highest BCUT2D eigenvalue weighted by Gasteiger charge is 2.39. The third-order valence-corrected chi connectivity index (χ3v) is 3.98. The van der Waals surface area contributed by atoms with Crippen LogP contribution in [0, 0.1) is 0 Å². The lowest BCUT2D eigenvalue weighted by Crippen LogP contribution is -2.34. The molecule has 5 nitrogen and oxygen atoms in total. The summed E-state index contributed by atoms with van der Waals surface area (Å²) in [6, 6.07) is 5.15. The van der Waals surface area contributed by atoms with Crippen LogP contribution in [0.2, 0.25) is 0 Å². The maximum atomic E-state index is 12.3. The zero-order chi connectivity index (χ0) is 15.9. The van der Waals surface area contributed by atoms with Crippen LogP contribution in [-0.2, 0) is 9.53 Å². The second-order valence-electron chi connectivity index (χ2n) is 6.17. The van der Waals surface area contributed by atoms with Crippen LogP contribution in [0.5, 0.6) is 5.75 Å². The van der Waals surface area contributed by atoms with Gasteiger partial charge in [0.05, 0.1) is 0 Å². The van der Waals surface area contributed by atoms with Gasteiger partial charge in [0.25, 0.3) is 0 Å². The fourth-order valence-electron chi connectivity index (χ4n) is 2.80. The molecule has 0 saturated carbocycles. The van der Waals surface area contributed by atoms with Gasteiger partial charge in [-0.05, 0) is 44.9 Å². The Hall–Kier alpha value is -2.14. The number of nitrogens with two attached hydrogens (primary N) is 1. The minimum atomic E-state index is -0.491. The number of rotatable bonds is 3. The molecule has 5 heteroatoms. The molecule has 0 radical (unpaired) electrons. The molecule has 0 unspecified atom stereocenters. The summed E-state index contributed by atoms with van der Waals surface area (Å²) in [5.74, 6) is 0.120. The van der Waals surface area contributed by atoms with E-state index in [4.69, 9.17) is 15.2 Å². The number of hydrogen-bond acceptors (Lipinski definition) is 5. The van der Waals surface area contributed by atoms with Crippen LogP contribution < -0.4 is 10.5 Å². The average Bonchev–Trinajstić information content (AvgIpc) is 2.49. The van der Waals surface area contributed by atoms with E-state index in [0.29, 0.717) is 47.8 Å². The van der Waals surface area contributed by atoms with E-state index >= 15 is 0 Å². The minimum absolute atomic E-state index is 0.342. The Balaban J connectivity index is 2.07. The first-order valence-corrected chi connectivity index (χ1v) is 7.41. The number of carbonyl (C=O) groups is 2. The van der Waals surface area contributed by atoms with E-state index in [1.807, 2.05) is 13.8 Å². The first-order valence-electron chi connectivity index (χ1n) is 7.41. The molecular weight excluding hydrogens is 282 g/mol. The summed E-state index contributed by atoms with van der Waals surface area (Å²) in [6.07, 6.45) is 1.29. The molecule has 0 amide bonds. The van der Waals surface area contributed by atoms with Gasteiger partial charge in [0.2, 0.25) is 11.6 Å². The third-order valence-electron chi connectivity index (χ3n) is 3.98. The molecule has 0 bridgehead atoms. The summed E-state index contributed by atoms with van der Waals surface area (Å²) < 4.78 is 11.4. The van der Waals surface area contributed by atoms with Crippen LogP contribution in [0.25, 0.3) is 5.76 Å². The van der Waals surface area contributed by atoms with E-state index < -0.39 is 11.6 Å². The van der Waals surface area contributed by atoms with Crippen molar-refractivity contribution in [2.45, 2.75) is 32.3 Å². The minimum Gasteiger partial charge on any atom is -0.492 e. The predicted molar refractivity (Wildman–Crippen MR) is 81.6 cm³/mol. The molecule has 0 aromatic heterocycles. The molecule has 2 aliphatic rings.